The smallest absolute Gasteiger partial charge is 0.160 e. The number of aromatic nitrogens is 3. The zero-order chi connectivity index (χ0) is 15.6. The van der Waals surface area contributed by atoms with Crippen LogP contribution in [0.25, 0.3) is 11.2 Å². The van der Waals surface area contributed by atoms with Gasteiger partial charge in [-0.1, -0.05) is 18.2 Å². The van der Waals surface area contributed by atoms with Crippen LogP contribution in [0.4, 0.5) is 0 Å². The van der Waals surface area contributed by atoms with E-state index in [1.165, 1.54) is 0 Å². The van der Waals surface area contributed by atoms with Crippen molar-refractivity contribution in [2.24, 2.45) is 0 Å². The van der Waals surface area contributed by atoms with E-state index < -0.39 is 0 Å². The third-order valence-corrected chi connectivity index (χ3v) is 4.35. The zero-order valence-electron chi connectivity index (χ0n) is 13.1. The number of hydrogen-bond donors (Lipinski definition) is 0. The van der Waals surface area contributed by atoms with Gasteiger partial charge in [-0.25, -0.2) is 9.97 Å². The number of methoxy groups -OCH3 is 1. The second-order valence-corrected chi connectivity index (χ2v) is 5.77. The van der Waals surface area contributed by atoms with Crippen molar-refractivity contribution < 1.29 is 9.47 Å². The number of pyridine rings is 1. The molecule has 23 heavy (non-hydrogen) atoms. The van der Waals surface area contributed by atoms with Crippen molar-refractivity contribution in [2.75, 3.05) is 20.3 Å². The van der Waals surface area contributed by atoms with Crippen LogP contribution in [0, 0.1) is 0 Å². The van der Waals surface area contributed by atoms with E-state index in [9.17, 15) is 0 Å². The summed E-state index contributed by atoms with van der Waals surface area (Å²) in [7, 11) is 1.70. The Morgan fingerprint density at radius 3 is 3.00 bits per heavy atom. The lowest BCUT2D eigenvalue weighted by atomic mass is 10.1. The molecule has 1 unspecified atom stereocenters. The second-order valence-electron chi connectivity index (χ2n) is 5.77. The minimum atomic E-state index is 0.332. The quantitative estimate of drug-likeness (QED) is 0.743. The van der Waals surface area contributed by atoms with Crippen LogP contribution in [0.5, 0.6) is 5.75 Å². The minimum Gasteiger partial charge on any atom is -0.496 e. The van der Waals surface area contributed by atoms with Crippen LogP contribution >= 0.6 is 0 Å². The summed E-state index contributed by atoms with van der Waals surface area (Å²) in [5.41, 5.74) is 2.98. The maximum Gasteiger partial charge on any atom is 0.160 e. The molecule has 2 aromatic heterocycles. The van der Waals surface area contributed by atoms with E-state index in [4.69, 9.17) is 14.5 Å². The largest absolute Gasteiger partial charge is 0.496 e. The van der Waals surface area contributed by atoms with Gasteiger partial charge in [-0.05, 0) is 24.6 Å². The lowest BCUT2D eigenvalue weighted by molar-refractivity contribution is 0.193. The standard InChI is InChI=1S/C18H19N3O2/c1-22-16-7-3-2-5-13(16)11-21-17(14-8-10-23-12-14)20-15-6-4-9-19-18(15)21/h2-7,9,14H,8,10-12H2,1H3. The normalized spacial score (nSPS) is 17.7. The third-order valence-electron chi connectivity index (χ3n) is 4.35. The van der Waals surface area contributed by atoms with Gasteiger partial charge in [0.2, 0.25) is 0 Å². The lowest BCUT2D eigenvalue weighted by Gasteiger charge is -2.14. The van der Waals surface area contributed by atoms with Crippen LogP contribution in [-0.4, -0.2) is 34.9 Å². The number of imidazole rings is 1. The van der Waals surface area contributed by atoms with Crippen molar-refractivity contribution in [3.8, 4) is 5.75 Å². The topological polar surface area (TPSA) is 49.2 Å². The monoisotopic (exact) mass is 309 g/mol. The highest BCUT2D eigenvalue weighted by Crippen LogP contribution is 2.29. The first-order valence-corrected chi connectivity index (χ1v) is 7.87. The number of nitrogens with zero attached hydrogens (tertiary/aromatic N) is 3. The van der Waals surface area contributed by atoms with Crippen molar-refractivity contribution in [3.63, 3.8) is 0 Å². The number of benzene rings is 1. The molecule has 0 amide bonds. The van der Waals surface area contributed by atoms with Crippen LogP contribution in [0.1, 0.15) is 23.7 Å². The molecule has 118 valence electrons. The Morgan fingerprint density at radius 2 is 2.17 bits per heavy atom. The van der Waals surface area contributed by atoms with Gasteiger partial charge in [0, 0.05) is 24.3 Å². The zero-order valence-corrected chi connectivity index (χ0v) is 13.1. The van der Waals surface area contributed by atoms with Crippen LogP contribution < -0.4 is 4.74 Å². The summed E-state index contributed by atoms with van der Waals surface area (Å²) in [6.07, 6.45) is 2.83. The number of fused-ring (bicyclic) bond motifs is 1. The summed E-state index contributed by atoms with van der Waals surface area (Å²) in [6, 6.07) is 12.0. The van der Waals surface area contributed by atoms with Gasteiger partial charge in [0.1, 0.15) is 17.1 Å². The Kier molecular flexibility index (Phi) is 3.71. The van der Waals surface area contributed by atoms with E-state index in [0.29, 0.717) is 12.5 Å². The van der Waals surface area contributed by atoms with Crippen LogP contribution in [-0.2, 0) is 11.3 Å². The molecule has 5 nitrogen and oxygen atoms in total. The fourth-order valence-electron chi connectivity index (χ4n) is 3.19. The highest BCUT2D eigenvalue weighted by Gasteiger charge is 2.25. The summed E-state index contributed by atoms with van der Waals surface area (Å²) in [5, 5.41) is 0. The molecule has 1 aliphatic rings. The van der Waals surface area contributed by atoms with Gasteiger partial charge in [-0.3, -0.25) is 0 Å². The summed E-state index contributed by atoms with van der Waals surface area (Å²) < 4.78 is 13.3. The van der Waals surface area contributed by atoms with E-state index in [1.807, 2.05) is 36.5 Å². The van der Waals surface area contributed by atoms with Gasteiger partial charge in [0.05, 0.1) is 20.3 Å². The van der Waals surface area contributed by atoms with Gasteiger partial charge in [-0.2, -0.15) is 0 Å². The maximum absolute atomic E-state index is 5.56. The van der Waals surface area contributed by atoms with E-state index in [0.717, 1.165) is 47.9 Å². The van der Waals surface area contributed by atoms with Crippen molar-refractivity contribution in [1.82, 2.24) is 14.5 Å². The molecule has 0 N–H and O–H groups in total. The van der Waals surface area contributed by atoms with Crippen LogP contribution in [0.3, 0.4) is 0 Å². The molecule has 1 aliphatic heterocycles. The highest BCUT2D eigenvalue weighted by molar-refractivity contribution is 5.71. The number of rotatable bonds is 4. The second kappa shape index (κ2) is 6.01. The number of para-hydroxylation sites is 1. The molecule has 0 radical (unpaired) electrons. The molecule has 5 heteroatoms. The van der Waals surface area contributed by atoms with Gasteiger partial charge < -0.3 is 14.0 Å². The Hall–Kier alpha value is -2.40. The Morgan fingerprint density at radius 1 is 1.26 bits per heavy atom. The number of ether oxygens (including phenoxy) is 2. The van der Waals surface area contributed by atoms with Crippen molar-refractivity contribution in [2.45, 2.75) is 18.9 Å². The first-order valence-electron chi connectivity index (χ1n) is 7.87. The summed E-state index contributed by atoms with van der Waals surface area (Å²) >= 11 is 0. The first kappa shape index (κ1) is 14.2. The molecule has 1 atom stereocenters. The van der Waals surface area contributed by atoms with E-state index in [-0.39, 0.29) is 0 Å². The van der Waals surface area contributed by atoms with E-state index in [1.54, 1.807) is 7.11 Å². The van der Waals surface area contributed by atoms with Gasteiger partial charge in [-0.15, -0.1) is 0 Å². The summed E-state index contributed by atoms with van der Waals surface area (Å²) in [6.45, 7) is 2.23. The molecule has 0 saturated carbocycles. The van der Waals surface area contributed by atoms with Gasteiger partial charge in [0.15, 0.2) is 5.65 Å². The molecule has 1 aromatic carbocycles. The Bertz CT molecular complexity index is 822. The molecule has 3 aromatic rings. The minimum absolute atomic E-state index is 0.332. The molecule has 0 bridgehead atoms. The van der Waals surface area contributed by atoms with Crippen molar-refractivity contribution in [1.29, 1.82) is 0 Å². The van der Waals surface area contributed by atoms with Crippen molar-refractivity contribution in [3.05, 3.63) is 54.0 Å². The van der Waals surface area contributed by atoms with Gasteiger partial charge in [0.25, 0.3) is 0 Å². The third kappa shape index (κ3) is 2.57. The SMILES string of the molecule is COc1ccccc1Cn1c(C2CCOC2)nc2cccnc21. The van der Waals surface area contributed by atoms with Crippen molar-refractivity contribution >= 4 is 11.2 Å². The fraction of sp³-hybridized carbons (Fsp3) is 0.333. The molecule has 1 saturated heterocycles. The number of hydrogen-bond acceptors (Lipinski definition) is 4. The molecule has 4 rings (SSSR count). The average Bonchev–Trinajstić information content (AvgIpc) is 3.23. The maximum atomic E-state index is 5.56. The Balaban J connectivity index is 1.82. The summed E-state index contributed by atoms with van der Waals surface area (Å²) in [5.74, 6) is 2.28. The van der Waals surface area contributed by atoms with Crippen LogP contribution in [0.2, 0.25) is 0 Å². The van der Waals surface area contributed by atoms with E-state index in [2.05, 4.69) is 15.6 Å². The molecule has 0 aliphatic carbocycles. The van der Waals surface area contributed by atoms with Gasteiger partial charge >= 0.3 is 0 Å². The highest BCUT2D eigenvalue weighted by atomic mass is 16.5. The fourth-order valence-corrected chi connectivity index (χ4v) is 3.19. The molecule has 1 fully saturated rings. The van der Waals surface area contributed by atoms with E-state index >= 15 is 0 Å². The molecular weight excluding hydrogens is 290 g/mol. The molecular formula is C18H19N3O2. The predicted octanol–water partition coefficient (Wildman–Crippen LogP) is 2.99. The molecule has 3 heterocycles. The Labute approximate surface area is 134 Å². The molecule has 0 spiro atoms. The average molecular weight is 309 g/mol. The first-order chi connectivity index (χ1) is 11.4. The lowest BCUT2D eigenvalue weighted by Crippen LogP contribution is -2.11. The summed E-state index contributed by atoms with van der Waals surface area (Å²) in [4.78, 5) is 9.37. The predicted molar refractivity (Wildman–Crippen MR) is 87.8 cm³/mol. The van der Waals surface area contributed by atoms with Crippen LogP contribution in [0.15, 0.2) is 42.6 Å².